The van der Waals surface area contributed by atoms with Gasteiger partial charge < -0.3 is 10.0 Å². The molecule has 4 unspecified atom stereocenters. The molecule has 0 aromatic rings. The van der Waals surface area contributed by atoms with Crippen molar-refractivity contribution in [1.29, 1.82) is 0 Å². The van der Waals surface area contributed by atoms with Gasteiger partial charge in [-0.1, -0.05) is 20.3 Å². The molecule has 1 aliphatic carbocycles. The summed E-state index contributed by atoms with van der Waals surface area (Å²) in [5.41, 5.74) is 0. The fraction of sp³-hybridized carbons (Fsp3) is 0.846. The van der Waals surface area contributed by atoms with E-state index in [2.05, 4.69) is 6.92 Å². The quantitative estimate of drug-likeness (QED) is 0.796. The summed E-state index contributed by atoms with van der Waals surface area (Å²) in [4.78, 5) is 25.1. The first kappa shape index (κ1) is 12.4. The van der Waals surface area contributed by atoms with Crippen LogP contribution >= 0.6 is 0 Å². The zero-order chi connectivity index (χ0) is 12.6. The molecule has 2 aliphatic rings. The molecule has 0 radical (unpaired) electrons. The molecule has 0 aromatic carbocycles. The van der Waals surface area contributed by atoms with Crippen molar-refractivity contribution in [2.75, 3.05) is 13.1 Å². The van der Waals surface area contributed by atoms with Crippen LogP contribution in [-0.4, -0.2) is 35.0 Å². The van der Waals surface area contributed by atoms with Crippen molar-refractivity contribution < 1.29 is 14.7 Å². The van der Waals surface area contributed by atoms with Crippen LogP contribution in [0.3, 0.4) is 0 Å². The summed E-state index contributed by atoms with van der Waals surface area (Å²) in [6.45, 7) is 5.06. The third kappa shape index (κ3) is 2.31. The Labute approximate surface area is 102 Å². The van der Waals surface area contributed by atoms with Gasteiger partial charge in [0.25, 0.3) is 0 Å². The Morgan fingerprint density at radius 2 is 1.76 bits per heavy atom. The highest BCUT2D eigenvalue weighted by atomic mass is 16.4. The SMILES string of the molecule is CC1CN(C(=O)C2CCCC2C)CC1C(=O)O. The summed E-state index contributed by atoms with van der Waals surface area (Å²) in [6, 6.07) is 0. The molecule has 17 heavy (non-hydrogen) atoms. The molecule has 1 N–H and O–H groups in total. The van der Waals surface area contributed by atoms with Gasteiger partial charge in [0, 0.05) is 19.0 Å². The summed E-state index contributed by atoms with van der Waals surface area (Å²) in [5.74, 6) is -0.293. The minimum absolute atomic E-state index is 0.0770. The minimum atomic E-state index is -0.771. The van der Waals surface area contributed by atoms with E-state index in [1.165, 1.54) is 0 Å². The number of carbonyl (C=O) groups excluding carboxylic acids is 1. The number of carboxylic acid groups (broad SMARTS) is 1. The van der Waals surface area contributed by atoms with Crippen molar-refractivity contribution in [2.45, 2.75) is 33.1 Å². The molecule has 4 atom stereocenters. The number of hydrogen-bond donors (Lipinski definition) is 1. The maximum Gasteiger partial charge on any atom is 0.308 e. The summed E-state index contributed by atoms with van der Waals surface area (Å²) in [6.07, 6.45) is 3.23. The second-order valence-corrected chi connectivity index (χ2v) is 5.68. The maximum atomic E-state index is 12.3. The molecule has 2 fully saturated rings. The summed E-state index contributed by atoms with van der Waals surface area (Å²) >= 11 is 0. The van der Waals surface area contributed by atoms with Gasteiger partial charge in [-0.25, -0.2) is 0 Å². The number of rotatable bonds is 2. The molecule has 1 aliphatic heterocycles. The number of hydrogen-bond acceptors (Lipinski definition) is 2. The normalized spacial score (nSPS) is 37.4. The predicted molar refractivity (Wildman–Crippen MR) is 63.4 cm³/mol. The Morgan fingerprint density at radius 1 is 1.06 bits per heavy atom. The molecule has 0 spiro atoms. The van der Waals surface area contributed by atoms with Gasteiger partial charge in [0.05, 0.1) is 5.92 Å². The third-order valence-electron chi connectivity index (χ3n) is 4.42. The standard InChI is InChI=1S/C13H21NO3/c1-8-4-3-5-10(8)12(15)14-6-9(2)11(7-14)13(16)17/h8-11H,3-7H2,1-2H3,(H,16,17). The number of likely N-dealkylation sites (tertiary alicyclic amines) is 1. The average Bonchev–Trinajstić information content (AvgIpc) is 2.83. The lowest BCUT2D eigenvalue weighted by Crippen LogP contribution is -2.36. The Morgan fingerprint density at radius 3 is 2.24 bits per heavy atom. The van der Waals surface area contributed by atoms with Crippen molar-refractivity contribution in [3.05, 3.63) is 0 Å². The zero-order valence-electron chi connectivity index (χ0n) is 10.6. The molecule has 4 nitrogen and oxygen atoms in total. The van der Waals surface area contributed by atoms with Gasteiger partial charge in [0.15, 0.2) is 0 Å². The predicted octanol–water partition coefficient (Wildman–Crippen LogP) is 1.60. The molecule has 1 saturated carbocycles. The van der Waals surface area contributed by atoms with Crippen LogP contribution in [0.1, 0.15) is 33.1 Å². The Kier molecular flexibility index (Phi) is 3.40. The largest absolute Gasteiger partial charge is 0.481 e. The van der Waals surface area contributed by atoms with Crippen molar-refractivity contribution in [3.8, 4) is 0 Å². The number of nitrogens with zero attached hydrogens (tertiary/aromatic N) is 1. The monoisotopic (exact) mass is 239 g/mol. The van der Waals surface area contributed by atoms with Crippen LogP contribution in [0, 0.1) is 23.7 Å². The molecular weight excluding hydrogens is 218 g/mol. The average molecular weight is 239 g/mol. The summed E-state index contributed by atoms with van der Waals surface area (Å²) in [7, 11) is 0. The van der Waals surface area contributed by atoms with Gasteiger partial charge in [-0.15, -0.1) is 0 Å². The Bertz CT molecular complexity index is 329. The topological polar surface area (TPSA) is 57.6 Å². The van der Waals surface area contributed by atoms with Crippen molar-refractivity contribution in [2.24, 2.45) is 23.7 Å². The molecule has 0 bridgehead atoms. The van der Waals surface area contributed by atoms with E-state index in [0.717, 1.165) is 19.3 Å². The number of carboxylic acids is 1. The molecule has 96 valence electrons. The second kappa shape index (κ2) is 4.67. The van der Waals surface area contributed by atoms with E-state index in [1.54, 1.807) is 4.90 Å². The molecule has 1 heterocycles. The minimum Gasteiger partial charge on any atom is -0.481 e. The van der Waals surface area contributed by atoms with Gasteiger partial charge in [-0.05, 0) is 24.7 Å². The van der Waals surface area contributed by atoms with Crippen LogP contribution in [0.5, 0.6) is 0 Å². The first-order valence-electron chi connectivity index (χ1n) is 6.52. The smallest absolute Gasteiger partial charge is 0.308 e. The first-order chi connectivity index (χ1) is 8.00. The van der Waals surface area contributed by atoms with E-state index >= 15 is 0 Å². The third-order valence-corrected chi connectivity index (χ3v) is 4.42. The first-order valence-corrected chi connectivity index (χ1v) is 6.52. The molecular formula is C13H21NO3. The fourth-order valence-corrected chi connectivity index (χ4v) is 3.22. The lowest BCUT2D eigenvalue weighted by atomic mass is 9.97. The molecule has 2 rings (SSSR count). The maximum absolute atomic E-state index is 12.3. The van der Waals surface area contributed by atoms with E-state index < -0.39 is 5.97 Å². The summed E-state index contributed by atoms with van der Waals surface area (Å²) in [5, 5.41) is 9.06. The van der Waals surface area contributed by atoms with Crippen molar-refractivity contribution >= 4 is 11.9 Å². The van der Waals surface area contributed by atoms with Gasteiger partial charge in [-0.2, -0.15) is 0 Å². The molecule has 1 saturated heterocycles. The second-order valence-electron chi connectivity index (χ2n) is 5.68. The van der Waals surface area contributed by atoms with Crippen molar-refractivity contribution in [1.82, 2.24) is 4.90 Å². The van der Waals surface area contributed by atoms with Gasteiger partial charge in [0.1, 0.15) is 0 Å². The van der Waals surface area contributed by atoms with Crippen LogP contribution in [0.25, 0.3) is 0 Å². The number of aliphatic carboxylic acids is 1. The fourth-order valence-electron chi connectivity index (χ4n) is 3.22. The number of carbonyl (C=O) groups is 2. The van der Waals surface area contributed by atoms with E-state index in [-0.39, 0.29) is 23.7 Å². The molecule has 4 heteroatoms. The molecule has 0 aromatic heterocycles. The van der Waals surface area contributed by atoms with Crippen molar-refractivity contribution in [3.63, 3.8) is 0 Å². The van der Waals surface area contributed by atoms with Gasteiger partial charge >= 0.3 is 5.97 Å². The van der Waals surface area contributed by atoms with Crippen LogP contribution in [0.4, 0.5) is 0 Å². The lowest BCUT2D eigenvalue weighted by molar-refractivity contribution is -0.142. The van der Waals surface area contributed by atoms with Gasteiger partial charge in [-0.3, -0.25) is 9.59 Å². The van der Waals surface area contributed by atoms with Crippen LogP contribution in [-0.2, 0) is 9.59 Å². The molecule has 1 amide bonds. The Balaban J connectivity index is 2.00. The lowest BCUT2D eigenvalue weighted by Gasteiger charge is -2.22. The summed E-state index contributed by atoms with van der Waals surface area (Å²) < 4.78 is 0. The van der Waals surface area contributed by atoms with E-state index in [9.17, 15) is 9.59 Å². The van der Waals surface area contributed by atoms with Crippen LogP contribution < -0.4 is 0 Å². The van der Waals surface area contributed by atoms with Crippen LogP contribution in [0.15, 0.2) is 0 Å². The highest BCUT2D eigenvalue weighted by Gasteiger charge is 2.40. The van der Waals surface area contributed by atoms with E-state index in [1.807, 2.05) is 6.92 Å². The van der Waals surface area contributed by atoms with Gasteiger partial charge in [0.2, 0.25) is 5.91 Å². The Hall–Kier alpha value is -1.06. The highest BCUT2D eigenvalue weighted by Crippen LogP contribution is 2.34. The highest BCUT2D eigenvalue weighted by molar-refractivity contribution is 5.81. The zero-order valence-corrected chi connectivity index (χ0v) is 10.6. The number of amides is 1. The van der Waals surface area contributed by atoms with Crippen LogP contribution in [0.2, 0.25) is 0 Å². The van der Waals surface area contributed by atoms with E-state index in [4.69, 9.17) is 5.11 Å². The van der Waals surface area contributed by atoms with E-state index in [0.29, 0.717) is 19.0 Å².